The van der Waals surface area contributed by atoms with Crippen molar-refractivity contribution in [2.24, 2.45) is 0 Å². The van der Waals surface area contributed by atoms with Crippen LogP contribution in [0.2, 0.25) is 0 Å². The van der Waals surface area contributed by atoms with Crippen LogP contribution in [0.15, 0.2) is 18.2 Å². The molecular weight excluding hydrogens is 308 g/mol. The Labute approximate surface area is 125 Å². The number of halogens is 3. The van der Waals surface area contributed by atoms with Gasteiger partial charge in [-0.15, -0.1) is 12.4 Å². The molecule has 1 saturated heterocycles. The van der Waals surface area contributed by atoms with Crippen LogP contribution in [-0.2, 0) is 16.0 Å². The number of hydrogen-bond acceptors (Lipinski definition) is 3. The summed E-state index contributed by atoms with van der Waals surface area (Å²) in [7, 11) is 0. The Morgan fingerprint density at radius 3 is 2.50 bits per heavy atom. The second-order valence-electron chi connectivity index (χ2n) is 4.75. The van der Waals surface area contributed by atoms with E-state index in [0.29, 0.717) is 24.8 Å². The van der Waals surface area contributed by atoms with E-state index in [0.717, 1.165) is 6.07 Å². The van der Waals surface area contributed by atoms with E-state index < -0.39 is 28.1 Å². The monoisotopic (exact) mass is 323 g/mol. The smallest absolute Gasteiger partial charge is 0.185 e. The Hall–Kier alpha value is -0.690. The van der Waals surface area contributed by atoms with E-state index in [1.807, 2.05) is 0 Å². The van der Waals surface area contributed by atoms with Gasteiger partial charge in [-0.2, -0.15) is 0 Å². The van der Waals surface area contributed by atoms with Crippen molar-refractivity contribution >= 4 is 29.9 Å². The molecule has 1 aromatic carbocycles. The van der Waals surface area contributed by atoms with Crippen molar-refractivity contribution in [2.75, 3.05) is 12.8 Å². The molecule has 1 aliphatic heterocycles. The summed E-state index contributed by atoms with van der Waals surface area (Å²) in [6.45, 7) is 0.523. The molecule has 0 aliphatic carbocycles. The molecule has 0 bridgehead atoms. The molecule has 4 atom stereocenters. The fourth-order valence-corrected chi connectivity index (χ4v) is 3.31. The summed E-state index contributed by atoms with van der Waals surface area (Å²) in [6.07, 6.45) is 2.71. The molecule has 1 aromatic rings. The van der Waals surface area contributed by atoms with Crippen molar-refractivity contribution in [1.29, 1.82) is 0 Å². The fraction of sp³-hybridized carbons (Fsp3) is 0.462. The number of benzene rings is 1. The summed E-state index contributed by atoms with van der Waals surface area (Å²) < 4.78 is 37.8. The van der Waals surface area contributed by atoms with Crippen LogP contribution in [0.25, 0.3) is 0 Å². The van der Waals surface area contributed by atoms with Gasteiger partial charge >= 0.3 is 0 Å². The van der Waals surface area contributed by atoms with Crippen molar-refractivity contribution in [2.45, 2.75) is 23.6 Å². The predicted octanol–water partition coefficient (Wildman–Crippen LogP) is 1.78. The lowest BCUT2D eigenvalue weighted by atomic mass is 9.95. The highest BCUT2D eigenvalue weighted by molar-refractivity contribution is 7.92. The Balaban J connectivity index is 0.00000200. The van der Waals surface area contributed by atoms with Crippen molar-refractivity contribution in [1.82, 2.24) is 5.32 Å². The van der Waals surface area contributed by atoms with Gasteiger partial charge in [0.15, 0.2) is 11.5 Å². The lowest BCUT2D eigenvalue weighted by Gasteiger charge is -2.19. The average molecular weight is 324 g/mol. The van der Waals surface area contributed by atoms with Crippen LogP contribution >= 0.6 is 12.4 Å². The molecule has 112 valence electrons. The first-order valence-corrected chi connectivity index (χ1v) is 7.60. The first-order chi connectivity index (χ1) is 9.01. The molecule has 0 radical (unpaired) electrons. The summed E-state index contributed by atoms with van der Waals surface area (Å²) >= 11 is -1.25. The number of aldehydes is 1. The van der Waals surface area contributed by atoms with Gasteiger partial charge < -0.3 is 9.87 Å². The van der Waals surface area contributed by atoms with Crippen molar-refractivity contribution in [3.05, 3.63) is 35.4 Å². The number of nitrogens with one attached hydrogen (secondary N) is 1. The molecule has 0 aromatic heterocycles. The maximum absolute atomic E-state index is 13.2. The minimum absolute atomic E-state index is 0. The highest BCUT2D eigenvalue weighted by atomic mass is 35.5. The molecule has 0 saturated carbocycles. The highest BCUT2D eigenvalue weighted by Gasteiger charge is 2.36. The van der Waals surface area contributed by atoms with Crippen LogP contribution in [0, 0.1) is 11.6 Å². The van der Waals surface area contributed by atoms with E-state index in [1.165, 1.54) is 18.4 Å². The third kappa shape index (κ3) is 3.91. The molecule has 1 N–H and O–H groups in total. The molecule has 20 heavy (non-hydrogen) atoms. The maximum atomic E-state index is 13.2. The van der Waals surface area contributed by atoms with E-state index in [4.69, 9.17) is 0 Å². The largest absolute Gasteiger partial charge is 0.616 e. The second-order valence-corrected chi connectivity index (χ2v) is 6.29. The van der Waals surface area contributed by atoms with E-state index in [2.05, 4.69) is 5.32 Å². The predicted molar refractivity (Wildman–Crippen MR) is 76.7 cm³/mol. The lowest BCUT2D eigenvalue weighted by molar-refractivity contribution is -0.107. The van der Waals surface area contributed by atoms with Crippen LogP contribution in [0.5, 0.6) is 0 Å². The summed E-state index contributed by atoms with van der Waals surface area (Å²) in [5, 5.41) is 2.53. The van der Waals surface area contributed by atoms with Crippen LogP contribution in [0.4, 0.5) is 8.78 Å². The molecule has 1 aliphatic rings. The van der Waals surface area contributed by atoms with Crippen LogP contribution in [0.1, 0.15) is 17.9 Å². The van der Waals surface area contributed by atoms with Crippen molar-refractivity contribution < 1.29 is 18.1 Å². The van der Waals surface area contributed by atoms with Crippen LogP contribution in [-0.4, -0.2) is 34.9 Å². The van der Waals surface area contributed by atoms with E-state index in [1.54, 1.807) is 0 Å². The standard InChI is InChI=1S/C13H15F2NO2S.ClH/c1-19(18)13(7-17)12-4-9(6-16-12)8-2-10(14)5-11(15)3-8;/h2-3,5,7,9,12-13,16H,4,6H2,1H3;1H/t9-,12?,13?,19?;/m1./s1. The molecule has 1 fully saturated rings. The minimum atomic E-state index is -1.25. The second kappa shape index (κ2) is 7.36. The molecular formula is C13H16ClF2NO2S. The maximum Gasteiger partial charge on any atom is 0.185 e. The number of carbonyl (C=O) groups is 1. The molecule has 3 unspecified atom stereocenters. The Bertz CT molecular complexity index is 455. The van der Waals surface area contributed by atoms with Gasteiger partial charge in [-0.05, 0) is 41.2 Å². The first kappa shape index (κ1) is 17.4. The van der Waals surface area contributed by atoms with Gasteiger partial charge in [0.1, 0.15) is 11.6 Å². The van der Waals surface area contributed by atoms with Crippen molar-refractivity contribution in [3.8, 4) is 0 Å². The van der Waals surface area contributed by atoms with E-state index >= 15 is 0 Å². The Kier molecular flexibility index (Phi) is 6.39. The van der Waals surface area contributed by atoms with Gasteiger partial charge in [-0.3, -0.25) is 4.79 Å². The molecule has 2 rings (SSSR count). The average Bonchev–Trinajstić information content (AvgIpc) is 2.77. The van der Waals surface area contributed by atoms with Crippen LogP contribution in [0.3, 0.4) is 0 Å². The zero-order chi connectivity index (χ0) is 14.0. The molecule has 1 heterocycles. The number of carbonyl (C=O) groups excluding carboxylic acids is 1. The minimum Gasteiger partial charge on any atom is -0.616 e. The van der Waals surface area contributed by atoms with E-state index in [9.17, 15) is 18.1 Å². The Morgan fingerprint density at radius 1 is 1.40 bits per heavy atom. The number of rotatable bonds is 4. The molecule has 7 heteroatoms. The molecule has 0 spiro atoms. The first-order valence-electron chi connectivity index (χ1n) is 5.98. The van der Waals surface area contributed by atoms with Gasteiger partial charge in [0.2, 0.25) is 0 Å². The van der Waals surface area contributed by atoms with Gasteiger partial charge in [0.25, 0.3) is 0 Å². The van der Waals surface area contributed by atoms with Gasteiger partial charge in [-0.1, -0.05) is 0 Å². The van der Waals surface area contributed by atoms with Crippen LogP contribution < -0.4 is 5.32 Å². The van der Waals surface area contributed by atoms with E-state index in [-0.39, 0.29) is 24.4 Å². The zero-order valence-corrected chi connectivity index (χ0v) is 12.5. The molecule has 3 nitrogen and oxygen atoms in total. The third-order valence-corrected chi connectivity index (χ3v) is 4.64. The third-order valence-electron chi connectivity index (χ3n) is 3.44. The van der Waals surface area contributed by atoms with Gasteiger partial charge in [-0.25, -0.2) is 8.78 Å². The summed E-state index contributed by atoms with van der Waals surface area (Å²) in [5.41, 5.74) is 0.569. The van der Waals surface area contributed by atoms with Gasteiger partial charge in [0, 0.05) is 12.6 Å². The summed E-state index contributed by atoms with van der Waals surface area (Å²) in [4.78, 5) is 10.9. The summed E-state index contributed by atoms with van der Waals surface area (Å²) in [6, 6.07) is 3.23. The fourth-order valence-electron chi connectivity index (χ4n) is 2.49. The summed E-state index contributed by atoms with van der Waals surface area (Å²) in [5.74, 6) is -1.28. The normalized spacial score (nSPS) is 24.8. The van der Waals surface area contributed by atoms with Gasteiger partial charge in [0.05, 0.1) is 12.3 Å². The topological polar surface area (TPSA) is 52.2 Å². The Morgan fingerprint density at radius 2 is 2.00 bits per heavy atom. The number of hydrogen-bond donors (Lipinski definition) is 1. The molecule has 0 amide bonds. The van der Waals surface area contributed by atoms with Crippen molar-refractivity contribution in [3.63, 3.8) is 0 Å². The SMILES string of the molecule is C[S+]([O-])C(C=O)C1C[C@@H](c2cc(F)cc(F)c2)CN1.Cl. The quantitative estimate of drug-likeness (QED) is 0.679. The zero-order valence-electron chi connectivity index (χ0n) is 10.8. The lowest BCUT2D eigenvalue weighted by Crippen LogP contribution is -2.41. The highest BCUT2D eigenvalue weighted by Crippen LogP contribution is 2.29.